The first kappa shape index (κ1) is 14.7. The molecule has 0 unspecified atom stereocenters. The van der Waals surface area contributed by atoms with Crippen molar-refractivity contribution in [2.75, 3.05) is 0 Å². The normalized spacial score (nSPS) is 12.3. The van der Waals surface area contributed by atoms with Gasteiger partial charge in [0.1, 0.15) is 5.75 Å². The van der Waals surface area contributed by atoms with Crippen molar-refractivity contribution in [3.63, 3.8) is 0 Å². The summed E-state index contributed by atoms with van der Waals surface area (Å²) < 4.78 is 19.6. The molecule has 0 saturated carbocycles. The standard InChI is InChI=1S/C13H19FO3Si/c1-13(2,3)18(4,5)17-11-7-6-9(12(15)16)8-10(11)14/h6-8H,1-5H3,(H,15,16). The van der Waals surface area contributed by atoms with E-state index in [0.717, 1.165) is 6.07 Å². The van der Waals surface area contributed by atoms with Gasteiger partial charge in [0.05, 0.1) is 5.56 Å². The summed E-state index contributed by atoms with van der Waals surface area (Å²) in [7, 11) is -2.11. The van der Waals surface area contributed by atoms with Gasteiger partial charge in [0.15, 0.2) is 5.82 Å². The molecular formula is C13H19FO3Si. The summed E-state index contributed by atoms with van der Waals surface area (Å²) in [6, 6.07) is 3.73. The largest absolute Gasteiger partial charge is 0.542 e. The number of carboxylic acids is 1. The van der Waals surface area contributed by atoms with Gasteiger partial charge >= 0.3 is 5.97 Å². The Labute approximate surface area is 108 Å². The molecule has 0 heterocycles. The number of halogens is 1. The van der Waals surface area contributed by atoms with Crippen molar-refractivity contribution < 1.29 is 18.7 Å². The van der Waals surface area contributed by atoms with Crippen LogP contribution in [0, 0.1) is 5.82 Å². The number of benzene rings is 1. The fourth-order valence-corrected chi connectivity index (χ4v) is 2.17. The highest BCUT2D eigenvalue weighted by molar-refractivity contribution is 6.74. The van der Waals surface area contributed by atoms with Crippen LogP contribution in [0.2, 0.25) is 18.1 Å². The van der Waals surface area contributed by atoms with Crippen LogP contribution in [0.4, 0.5) is 4.39 Å². The van der Waals surface area contributed by atoms with E-state index in [1.807, 2.05) is 13.1 Å². The lowest BCUT2D eigenvalue weighted by molar-refractivity contribution is 0.0696. The zero-order valence-electron chi connectivity index (χ0n) is 11.4. The number of aromatic carboxylic acids is 1. The van der Waals surface area contributed by atoms with E-state index in [9.17, 15) is 9.18 Å². The lowest BCUT2D eigenvalue weighted by atomic mass is 10.2. The van der Waals surface area contributed by atoms with Crippen LogP contribution in [0.3, 0.4) is 0 Å². The summed E-state index contributed by atoms with van der Waals surface area (Å²) in [5.41, 5.74) is -0.0740. The molecule has 0 spiro atoms. The number of hydrogen-bond acceptors (Lipinski definition) is 2. The Bertz CT molecular complexity index is 464. The smallest absolute Gasteiger partial charge is 0.335 e. The maximum absolute atomic E-state index is 13.8. The number of carbonyl (C=O) groups is 1. The molecule has 1 N–H and O–H groups in total. The predicted octanol–water partition coefficient (Wildman–Crippen LogP) is 3.91. The quantitative estimate of drug-likeness (QED) is 0.847. The minimum atomic E-state index is -2.11. The third-order valence-electron chi connectivity index (χ3n) is 3.35. The van der Waals surface area contributed by atoms with Crippen LogP contribution in [-0.2, 0) is 0 Å². The second-order valence-corrected chi connectivity index (χ2v) is 10.5. The van der Waals surface area contributed by atoms with Crippen molar-refractivity contribution in [1.29, 1.82) is 0 Å². The Morgan fingerprint density at radius 1 is 1.33 bits per heavy atom. The van der Waals surface area contributed by atoms with Crippen LogP contribution in [-0.4, -0.2) is 19.4 Å². The lowest BCUT2D eigenvalue weighted by Gasteiger charge is -2.36. The van der Waals surface area contributed by atoms with E-state index in [0.29, 0.717) is 0 Å². The fraction of sp³-hybridized carbons (Fsp3) is 0.462. The van der Waals surface area contributed by atoms with Gasteiger partial charge in [0, 0.05) is 0 Å². The Morgan fingerprint density at radius 3 is 2.28 bits per heavy atom. The van der Waals surface area contributed by atoms with E-state index in [1.165, 1.54) is 12.1 Å². The molecule has 0 fully saturated rings. The molecule has 3 nitrogen and oxygen atoms in total. The van der Waals surface area contributed by atoms with Crippen LogP contribution in [0.15, 0.2) is 18.2 Å². The van der Waals surface area contributed by atoms with Gasteiger partial charge in [0.2, 0.25) is 0 Å². The summed E-state index contributed by atoms with van der Waals surface area (Å²) in [5.74, 6) is -1.64. The zero-order valence-corrected chi connectivity index (χ0v) is 12.4. The average Bonchev–Trinajstić information content (AvgIpc) is 2.18. The molecular weight excluding hydrogens is 251 g/mol. The summed E-state index contributed by atoms with van der Waals surface area (Å²) in [6.45, 7) is 10.2. The topological polar surface area (TPSA) is 46.5 Å². The van der Waals surface area contributed by atoms with Crippen molar-refractivity contribution in [2.45, 2.75) is 38.9 Å². The SMILES string of the molecule is CC(C)(C)[Si](C)(C)Oc1ccc(C(=O)O)cc1F. The maximum atomic E-state index is 13.8. The fourth-order valence-electron chi connectivity index (χ4n) is 1.14. The third kappa shape index (κ3) is 3.10. The van der Waals surface area contributed by atoms with Gasteiger partial charge in [0.25, 0.3) is 8.32 Å². The number of hydrogen-bond donors (Lipinski definition) is 1. The summed E-state index contributed by atoms with van der Waals surface area (Å²) in [6.07, 6.45) is 0. The van der Waals surface area contributed by atoms with E-state index < -0.39 is 20.1 Å². The number of rotatable bonds is 3. The van der Waals surface area contributed by atoms with Crippen molar-refractivity contribution in [1.82, 2.24) is 0 Å². The second kappa shape index (κ2) is 4.72. The van der Waals surface area contributed by atoms with Crippen molar-refractivity contribution >= 4 is 14.3 Å². The van der Waals surface area contributed by atoms with Crippen LogP contribution in [0.5, 0.6) is 5.75 Å². The molecule has 5 heteroatoms. The molecule has 0 amide bonds. The molecule has 0 aliphatic rings. The van der Waals surface area contributed by atoms with Crippen LogP contribution in [0.25, 0.3) is 0 Å². The summed E-state index contributed by atoms with van der Waals surface area (Å²) in [4.78, 5) is 10.7. The van der Waals surface area contributed by atoms with E-state index in [4.69, 9.17) is 9.53 Å². The monoisotopic (exact) mass is 270 g/mol. The molecule has 18 heavy (non-hydrogen) atoms. The van der Waals surface area contributed by atoms with Crippen LogP contribution < -0.4 is 4.43 Å². The molecule has 0 bridgehead atoms. The van der Waals surface area contributed by atoms with Gasteiger partial charge in [-0.15, -0.1) is 0 Å². The molecule has 100 valence electrons. The molecule has 0 atom stereocenters. The molecule has 0 aliphatic heterocycles. The highest BCUT2D eigenvalue weighted by Gasteiger charge is 2.39. The third-order valence-corrected chi connectivity index (χ3v) is 7.69. The maximum Gasteiger partial charge on any atom is 0.335 e. The van der Waals surface area contributed by atoms with E-state index in [1.54, 1.807) is 0 Å². The van der Waals surface area contributed by atoms with E-state index in [2.05, 4.69) is 20.8 Å². The average molecular weight is 270 g/mol. The first-order chi connectivity index (χ1) is 8.04. The molecule has 0 radical (unpaired) electrons. The van der Waals surface area contributed by atoms with Crippen LogP contribution in [0.1, 0.15) is 31.1 Å². The Balaban J connectivity index is 3.03. The molecule has 0 aromatic heterocycles. The van der Waals surface area contributed by atoms with Crippen molar-refractivity contribution in [3.05, 3.63) is 29.6 Å². The molecule has 1 rings (SSSR count). The minimum Gasteiger partial charge on any atom is -0.542 e. The zero-order chi connectivity index (χ0) is 14.1. The molecule has 1 aromatic rings. The number of carboxylic acid groups (broad SMARTS) is 1. The molecule has 0 saturated heterocycles. The minimum absolute atomic E-state index is 0.0368. The van der Waals surface area contributed by atoms with Gasteiger partial charge in [-0.3, -0.25) is 0 Å². The molecule has 1 aromatic carbocycles. The first-order valence-corrected chi connectivity index (χ1v) is 8.67. The van der Waals surface area contributed by atoms with Gasteiger partial charge in [-0.05, 0) is 36.3 Å². The van der Waals surface area contributed by atoms with Crippen molar-refractivity contribution in [2.24, 2.45) is 0 Å². The van der Waals surface area contributed by atoms with Gasteiger partial charge in [-0.2, -0.15) is 0 Å². The van der Waals surface area contributed by atoms with Crippen molar-refractivity contribution in [3.8, 4) is 5.75 Å². The Kier molecular flexibility index (Phi) is 3.86. The van der Waals surface area contributed by atoms with Crippen LogP contribution >= 0.6 is 0 Å². The van der Waals surface area contributed by atoms with E-state index in [-0.39, 0.29) is 16.4 Å². The lowest BCUT2D eigenvalue weighted by Crippen LogP contribution is -2.44. The van der Waals surface area contributed by atoms with Gasteiger partial charge in [-0.25, -0.2) is 9.18 Å². The predicted molar refractivity (Wildman–Crippen MR) is 71.2 cm³/mol. The van der Waals surface area contributed by atoms with Gasteiger partial charge < -0.3 is 9.53 Å². The first-order valence-electron chi connectivity index (χ1n) is 5.76. The summed E-state index contributed by atoms with van der Waals surface area (Å²) >= 11 is 0. The Hall–Kier alpha value is -1.36. The summed E-state index contributed by atoms with van der Waals surface area (Å²) in [5, 5.41) is 8.73. The highest BCUT2D eigenvalue weighted by Crippen LogP contribution is 2.38. The highest BCUT2D eigenvalue weighted by atomic mass is 28.4. The molecule has 0 aliphatic carbocycles. The van der Waals surface area contributed by atoms with E-state index >= 15 is 0 Å². The van der Waals surface area contributed by atoms with Gasteiger partial charge in [-0.1, -0.05) is 20.8 Å². The second-order valence-electron chi connectivity index (χ2n) is 5.81. The Morgan fingerprint density at radius 2 is 1.89 bits per heavy atom.